The van der Waals surface area contributed by atoms with E-state index in [0.29, 0.717) is 13.1 Å². The Kier molecular flexibility index (Phi) is 4.51. The van der Waals surface area contributed by atoms with Crippen LogP contribution in [-0.2, 0) is 28.9 Å². The fourth-order valence-electron chi connectivity index (χ4n) is 2.92. The summed E-state index contributed by atoms with van der Waals surface area (Å²) in [4.78, 5) is 21.2. The number of aromatic nitrogens is 1. The van der Waals surface area contributed by atoms with Gasteiger partial charge in [-0.15, -0.1) is 0 Å². The number of aryl methyl sites for hydroxylation is 1. The normalized spacial score (nSPS) is 19.4. The molecule has 1 fully saturated rings. The number of hydrogen-bond acceptors (Lipinski definition) is 4. The van der Waals surface area contributed by atoms with Crippen molar-refractivity contribution in [2.45, 2.75) is 26.3 Å². The first kappa shape index (κ1) is 14.5. The van der Waals surface area contributed by atoms with Crippen LogP contribution in [0.2, 0.25) is 0 Å². The Morgan fingerprint density at radius 2 is 2.10 bits per heavy atom. The highest BCUT2D eigenvalue weighted by Gasteiger charge is 2.23. The van der Waals surface area contributed by atoms with Gasteiger partial charge in [-0.25, -0.2) is 0 Å². The Hall–Kier alpha value is -1.46. The smallest absolute Gasteiger partial charge is 0.237 e. The molecule has 1 saturated heterocycles. The summed E-state index contributed by atoms with van der Waals surface area (Å²) in [7, 11) is 0. The van der Waals surface area contributed by atoms with Crippen LogP contribution in [0.15, 0.2) is 12.1 Å². The number of carbonyl (C=O) groups excluding carboxylic acids is 1. The van der Waals surface area contributed by atoms with E-state index in [1.54, 1.807) is 0 Å². The van der Waals surface area contributed by atoms with E-state index in [1.807, 2.05) is 4.90 Å². The second-order valence-electron chi connectivity index (χ2n) is 5.72. The van der Waals surface area contributed by atoms with Gasteiger partial charge in [0.25, 0.3) is 0 Å². The zero-order chi connectivity index (χ0) is 14.7. The number of morpholine rings is 1. The van der Waals surface area contributed by atoms with Crippen molar-refractivity contribution < 1.29 is 9.53 Å². The summed E-state index contributed by atoms with van der Waals surface area (Å²) in [6.07, 6.45) is 1.84. The fraction of sp³-hybridized carbons (Fsp3) is 0.625. The Balaban J connectivity index is 1.61. The highest BCUT2D eigenvalue weighted by atomic mass is 16.5. The summed E-state index contributed by atoms with van der Waals surface area (Å²) in [6.45, 7) is 7.32. The minimum absolute atomic E-state index is 0.224. The molecule has 0 atom stereocenters. The SMILES string of the molecule is CCc1ccc2c(n1)CCN(C(=O)CN1CCOCC1)C2. The molecule has 0 bridgehead atoms. The van der Waals surface area contributed by atoms with Crippen LogP contribution >= 0.6 is 0 Å². The molecule has 5 heteroatoms. The minimum Gasteiger partial charge on any atom is -0.379 e. The van der Waals surface area contributed by atoms with Crippen LogP contribution in [0, 0.1) is 0 Å². The molecule has 0 aliphatic carbocycles. The topological polar surface area (TPSA) is 45.7 Å². The summed E-state index contributed by atoms with van der Waals surface area (Å²) in [5.74, 6) is 0.224. The van der Waals surface area contributed by atoms with Crippen molar-refractivity contribution in [2.75, 3.05) is 39.4 Å². The second-order valence-corrected chi connectivity index (χ2v) is 5.72. The molecule has 0 N–H and O–H groups in total. The molecule has 1 aromatic heterocycles. The zero-order valence-corrected chi connectivity index (χ0v) is 12.7. The van der Waals surface area contributed by atoms with E-state index < -0.39 is 0 Å². The predicted molar refractivity (Wildman–Crippen MR) is 80.0 cm³/mol. The minimum atomic E-state index is 0.224. The van der Waals surface area contributed by atoms with Gasteiger partial charge in [-0.2, -0.15) is 0 Å². The molecular weight excluding hydrogens is 266 g/mol. The molecule has 1 aromatic rings. The summed E-state index contributed by atoms with van der Waals surface area (Å²) >= 11 is 0. The van der Waals surface area contributed by atoms with Crippen LogP contribution in [0.1, 0.15) is 23.9 Å². The quantitative estimate of drug-likeness (QED) is 0.828. The van der Waals surface area contributed by atoms with Gasteiger partial charge in [0, 0.05) is 44.0 Å². The van der Waals surface area contributed by atoms with E-state index in [1.165, 1.54) is 11.3 Å². The summed E-state index contributed by atoms with van der Waals surface area (Å²) in [5.41, 5.74) is 3.51. The molecule has 21 heavy (non-hydrogen) atoms. The number of rotatable bonds is 3. The summed E-state index contributed by atoms with van der Waals surface area (Å²) in [6, 6.07) is 4.21. The lowest BCUT2D eigenvalue weighted by Gasteiger charge is -2.32. The van der Waals surface area contributed by atoms with Gasteiger partial charge >= 0.3 is 0 Å². The Morgan fingerprint density at radius 3 is 2.86 bits per heavy atom. The first-order valence-corrected chi connectivity index (χ1v) is 7.82. The second kappa shape index (κ2) is 6.54. The van der Waals surface area contributed by atoms with Gasteiger partial charge < -0.3 is 9.64 Å². The number of amides is 1. The van der Waals surface area contributed by atoms with Gasteiger partial charge in [-0.05, 0) is 18.1 Å². The van der Waals surface area contributed by atoms with Crippen molar-refractivity contribution in [1.29, 1.82) is 0 Å². The van der Waals surface area contributed by atoms with E-state index in [2.05, 4.69) is 28.9 Å². The van der Waals surface area contributed by atoms with Crippen molar-refractivity contribution in [2.24, 2.45) is 0 Å². The maximum atomic E-state index is 12.4. The zero-order valence-electron chi connectivity index (χ0n) is 12.7. The van der Waals surface area contributed by atoms with Crippen molar-refractivity contribution in [1.82, 2.24) is 14.8 Å². The number of ether oxygens (including phenoxy) is 1. The summed E-state index contributed by atoms with van der Waals surface area (Å²) < 4.78 is 5.32. The third-order valence-corrected chi connectivity index (χ3v) is 4.28. The molecule has 0 radical (unpaired) electrons. The monoisotopic (exact) mass is 289 g/mol. The van der Waals surface area contributed by atoms with Crippen molar-refractivity contribution in [3.05, 3.63) is 29.1 Å². The number of pyridine rings is 1. The van der Waals surface area contributed by atoms with Crippen molar-refractivity contribution >= 4 is 5.91 Å². The molecule has 3 heterocycles. The van der Waals surface area contributed by atoms with Gasteiger partial charge in [0.05, 0.1) is 19.8 Å². The Morgan fingerprint density at radius 1 is 1.29 bits per heavy atom. The van der Waals surface area contributed by atoms with Gasteiger partial charge in [-0.1, -0.05) is 13.0 Å². The van der Waals surface area contributed by atoms with Crippen LogP contribution < -0.4 is 0 Å². The van der Waals surface area contributed by atoms with E-state index in [0.717, 1.165) is 51.4 Å². The summed E-state index contributed by atoms with van der Waals surface area (Å²) in [5, 5.41) is 0. The third kappa shape index (κ3) is 3.41. The van der Waals surface area contributed by atoms with E-state index >= 15 is 0 Å². The van der Waals surface area contributed by atoms with Crippen molar-refractivity contribution in [3.63, 3.8) is 0 Å². The lowest BCUT2D eigenvalue weighted by Crippen LogP contribution is -2.46. The van der Waals surface area contributed by atoms with Gasteiger partial charge in [0.15, 0.2) is 0 Å². The van der Waals surface area contributed by atoms with Gasteiger partial charge in [-0.3, -0.25) is 14.7 Å². The number of hydrogen-bond donors (Lipinski definition) is 0. The average molecular weight is 289 g/mol. The van der Waals surface area contributed by atoms with E-state index in [9.17, 15) is 4.79 Å². The van der Waals surface area contributed by atoms with Gasteiger partial charge in [0.2, 0.25) is 5.91 Å². The van der Waals surface area contributed by atoms with Crippen LogP contribution in [0.3, 0.4) is 0 Å². The van der Waals surface area contributed by atoms with E-state index in [4.69, 9.17) is 4.74 Å². The molecule has 1 amide bonds. The molecule has 114 valence electrons. The molecule has 2 aliphatic heterocycles. The van der Waals surface area contributed by atoms with E-state index in [-0.39, 0.29) is 5.91 Å². The maximum Gasteiger partial charge on any atom is 0.237 e. The highest BCUT2D eigenvalue weighted by Crippen LogP contribution is 2.18. The van der Waals surface area contributed by atoms with Gasteiger partial charge in [0.1, 0.15) is 0 Å². The fourth-order valence-corrected chi connectivity index (χ4v) is 2.92. The number of fused-ring (bicyclic) bond motifs is 1. The molecule has 0 aromatic carbocycles. The largest absolute Gasteiger partial charge is 0.379 e. The average Bonchev–Trinajstić information content (AvgIpc) is 2.54. The molecule has 0 unspecified atom stereocenters. The molecule has 5 nitrogen and oxygen atoms in total. The lowest BCUT2D eigenvalue weighted by molar-refractivity contribution is -0.134. The first-order chi connectivity index (χ1) is 10.3. The molecule has 0 spiro atoms. The predicted octanol–water partition coefficient (Wildman–Crippen LogP) is 0.861. The lowest BCUT2D eigenvalue weighted by atomic mass is 10.0. The molecule has 2 aliphatic rings. The number of carbonyl (C=O) groups is 1. The van der Waals surface area contributed by atoms with Crippen LogP contribution in [0.4, 0.5) is 0 Å². The third-order valence-electron chi connectivity index (χ3n) is 4.28. The Labute approximate surface area is 125 Å². The highest BCUT2D eigenvalue weighted by molar-refractivity contribution is 5.78. The molecular formula is C16H23N3O2. The Bertz CT molecular complexity index is 512. The number of nitrogens with zero attached hydrogens (tertiary/aromatic N) is 3. The standard InChI is InChI=1S/C16H23N3O2/c1-2-14-4-3-13-11-19(6-5-15(13)17-14)16(20)12-18-7-9-21-10-8-18/h3-4H,2,5-12H2,1H3. The van der Waals surface area contributed by atoms with Crippen LogP contribution in [0.25, 0.3) is 0 Å². The molecule has 0 saturated carbocycles. The van der Waals surface area contributed by atoms with Crippen LogP contribution in [-0.4, -0.2) is 60.1 Å². The first-order valence-electron chi connectivity index (χ1n) is 7.82. The van der Waals surface area contributed by atoms with Crippen LogP contribution in [0.5, 0.6) is 0 Å². The maximum absolute atomic E-state index is 12.4. The van der Waals surface area contributed by atoms with Crippen molar-refractivity contribution in [3.8, 4) is 0 Å². The molecule has 3 rings (SSSR count).